The predicted octanol–water partition coefficient (Wildman–Crippen LogP) is 3.58. The summed E-state index contributed by atoms with van der Waals surface area (Å²) >= 11 is 1.60. The first-order chi connectivity index (χ1) is 8.06. The van der Waals surface area contributed by atoms with Crippen LogP contribution >= 0.6 is 11.3 Å². The molecule has 2 aromatic rings. The fraction of sp³-hybridized carbons (Fsp3) is 0.385. The van der Waals surface area contributed by atoms with Crippen LogP contribution in [0.5, 0.6) is 0 Å². The minimum atomic E-state index is -0.885. The molecule has 2 rings (SSSR count). The summed E-state index contributed by atoms with van der Waals surface area (Å²) in [5.74, 6) is -0.222. The highest BCUT2D eigenvalue weighted by atomic mass is 32.1. The molecule has 0 fully saturated rings. The number of aryl methyl sites for hydroxylation is 1. The van der Waals surface area contributed by atoms with Gasteiger partial charge in [-0.1, -0.05) is 13.8 Å². The lowest BCUT2D eigenvalue weighted by molar-refractivity contribution is 0.0697. The van der Waals surface area contributed by atoms with Gasteiger partial charge >= 0.3 is 5.97 Å². The van der Waals surface area contributed by atoms with Crippen molar-refractivity contribution >= 4 is 27.5 Å². The molecule has 1 aromatic heterocycles. The zero-order chi connectivity index (χ0) is 12.4. The van der Waals surface area contributed by atoms with E-state index in [1.54, 1.807) is 29.5 Å². The van der Waals surface area contributed by atoms with Crippen LogP contribution in [0.3, 0.4) is 0 Å². The number of hydrogen-bond acceptors (Lipinski definition) is 3. The molecule has 0 atom stereocenters. The van der Waals surface area contributed by atoms with Gasteiger partial charge in [-0.05, 0) is 37.0 Å². The Morgan fingerprint density at radius 2 is 2.24 bits per heavy atom. The van der Waals surface area contributed by atoms with E-state index in [9.17, 15) is 4.79 Å². The standard InChI is InChI=1S/C13H15NO2S/c1-8(2)3-6-12-14-10-5-4-9(13(15)16)7-11(10)17-12/h4-5,7-8H,3,6H2,1-2H3,(H,15,16). The minimum absolute atomic E-state index is 0.330. The number of thiazole rings is 1. The van der Waals surface area contributed by atoms with E-state index in [2.05, 4.69) is 18.8 Å². The van der Waals surface area contributed by atoms with Gasteiger partial charge in [-0.25, -0.2) is 9.78 Å². The molecule has 90 valence electrons. The highest BCUT2D eigenvalue weighted by Gasteiger charge is 2.08. The van der Waals surface area contributed by atoms with E-state index in [1.165, 1.54) is 0 Å². The number of aromatic nitrogens is 1. The molecular formula is C13H15NO2S. The second-order valence-corrected chi connectivity index (χ2v) is 5.64. The van der Waals surface area contributed by atoms with Gasteiger partial charge in [0.05, 0.1) is 20.8 Å². The second-order valence-electron chi connectivity index (χ2n) is 4.53. The molecule has 0 radical (unpaired) electrons. The predicted molar refractivity (Wildman–Crippen MR) is 69.7 cm³/mol. The number of fused-ring (bicyclic) bond motifs is 1. The first kappa shape index (κ1) is 12.0. The van der Waals surface area contributed by atoms with Crippen molar-refractivity contribution in [1.29, 1.82) is 0 Å². The smallest absolute Gasteiger partial charge is 0.335 e. The zero-order valence-corrected chi connectivity index (χ0v) is 10.8. The normalized spacial score (nSPS) is 11.2. The number of carboxylic acids is 1. The summed E-state index contributed by atoms with van der Waals surface area (Å²) in [6, 6.07) is 5.10. The number of rotatable bonds is 4. The number of carboxylic acid groups (broad SMARTS) is 1. The molecule has 1 aromatic carbocycles. The van der Waals surface area contributed by atoms with Crippen molar-refractivity contribution in [2.45, 2.75) is 26.7 Å². The van der Waals surface area contributed by atoms with Gasteiger partial charge < -0.3 is 5.11 Å². The Morgan fingerprint density at radius 1 is 1.47 bits per heavy atom. The summed E-state index contributed by atoms with van der Waals surface area (Å²) in [6.45, 7) is 4.38. The van der Waals surface area contributed by atoms with E-state index in [-0.39, 0.29) is 0 Å². The molecule has 0 amide bonds. The van der Waals surface area contributed by atoms with Crippen LogP contribution in [-0.4, -0.2) is 16.1 Å². The van der Waals surface area contributed by atoms with Crippen molar-refractivity contribution in [1.82, 2.24) is 4.98 Å². The van der Waals surface area contributed by atoms with Gasteiger partial charge in [-0.15, -0.1) is 11.3 Å². The van der Waals surface area contributed by atoms with Crippen LogP contribution < -0.4 is 0 Å². The molecule has 0 bridgehead atoms. The largest absolute Gasteiger partial charge is 0.478 e. The number of aromatic carboxylic acids is 1. The van der Waals surface area contributed by atoms with Crippen LogP contribution in [0.25, 0.3) is 10.2 Å². The number of benzene rings is 1. The average molecular weight is 249 g/mol. The summed E-state index contributed by atoms with van der Waals surface area (Å²) in [5, 5.41) is 10.0. The van der Waals surface area contributed by atoms with E-state index < -0.39 is 5.97 Å². The molecule has 17 heavy (non-hydrogen) atoms. The molecule has 0 spiro atoms. The van der Waals surface area contributed by atoms with Crippen LogP contribution in [0.4, 0.5) is 0 Å². The fourth-order valence-corrected chi connectivity index (χ4v) is 2.65. The Kier molecular flexibility index (Phi) is 3.43. The molecule has 0 aliphatic carbocycles. The van der Waals surface area contributed by atoms with Gasteiger partial charge in [0.15, 0.2) is 0 Å². The Labute approximate surface area is 104 Å². The molecule has 3 nitrogen and oxygen atoms in total. The Hall–Kier alpha value is -1.42. The first-order valence-electron chi connectivity index (χ1n) is 5.69. The maximum Gasteiger partial charge on any atom is 0.335 e. The summed E-state index contributed by atoms with van der Waals surface area (Å²) in [4.78, 5) is 15.4. The number of nitrogens with zero attached hydrogens (tertiary/aromatic N) is 1. The molecular weight excluding hydrogens is 234 g/mol. The van der Waals surface area contributed by atoms with E-state index in [4.69, 9.17) is 5.11 Å². The van der Waals surface area contributed by atoms with E-state index in [0.29, 0.717) is 11.5 Å². The molecule has 0 aliphatic heterocycles. The summed E-state index contributed by atoms with van der Waals surface area (Å²) in [6.07, 6.45) is 2.09. The molecule has 0 unspecified atom stereocenters. The minimum Gasteiger partial charge on any atom is -0.478 e. The van der Waals surface area contributed by atoms with Crippen molar-refractivity contribution < 1.29 is 9.90 Å². The van der Waals surface area contributed by atoms with Crippen LogP contribution in [-0.2, 0) is 6.42 Å². The topological polar surface area (TPSA) is 50.2 Å². The van der Waals surface area contributed by atoms with Crippen LogP contribution in [0.15, 0.2) is 18.2 Å². The van der Waals surface area contributed by atoms with Crippen molar-refractivity contribution in [3.63, 3.8) is 0 Å². The molecule has 0 saturated heterocycles. The molecule has 1 N–H and O–H groups in total. The van der Waals surface area contributed by atoms with Crippen LogP contribution in [0, 0.1) is 5.92 Å². The molecule has 1 heterocycles. The highest BCUT2D eigenvalue weighted by Crippen LogP contribution is 2.24. The van der Waals surface area contributed by atoms with Crippen molar-refractivity contribution in [3.8, 4) is 0 Å². The number of carbonyl (C=O) groups is 1. The lowest BCUT2D eigenvalue weighted by atomic mass is 10.1. The third-order valence-electron chi connectivity index (χ3n) is 2.62. The van der Waals surface area contributed by atoms with Gasteiger partial charge in [0.25, 0.3) is 0 Å². The molecule has 0 saturated carbocycles. The Balaban J connectivity index is 2.27. The summed E-state index contributed by atoms with van der Waals surface area (Å²) < 4.78 is 0.962. The Morgan fingerprint density at radius 3 is 2.88 bits per heavy atom. The van der Waals surface area contributed by atoms with Gasteiger partial charge in [-0.3, -0.25) is 0 Å². The summed E-state index contributed by atoms with van der Waals surface area (Å²) in [5.41, 5.74) is 1.23. The first-order valence-corrected chi connectivity index (χ1v) is 6.50. The zero-order valence-electron chi connectivity index (χ0n) is 9.93. The van der Waals surface area contributed by atoms with Crippen LogP contribution in [0.1, 0.15) is 35.6 Å². The van der Waals surface area contributed by atoms with Gasteiger partial charge in [0.1, 0.15) is 0 Å². The Bertz CT molecular complexity index is 545. The lowest BCUT2D eigenvalue weighted by Crippen LogP contribution is -1.94. The quantitative estimate of drug-likeness (QED) is 0.901. The SMILES string of the molecule is CC(C)CCc1nc2ccc(C(=O)O)cc2s1. The van der Waals surface area contributed by atoms with Crippen molar-refractivity contribution in [2.24, 2.45) is 5.92 Å². The van der Waals surface area contributed by atoms with E-state index in [1.807, 2.05) is 0 Å². The van der Waals surface area contributed by atoms with Crippen LogP contribution in [0.2, 0.25) is 0 Å². The lowest BCUT2D eigenvalue weighted by Gasteiger charge is -1.99. The van der Waals surface area contributed by atoms with E-state index >= 15 is 0 Å². The third-order valence-corrected chi connectivity index (χ3v) is 3.69. The van der Waals surface area contributed by atoms with Gasteiger partial charge in [0.2, 0.25) is 0 Å². The average Bonchev–Trinajstić information content (AvgIpc) is 2.67. The van der Waals surface area contributed by atoms with Crippen molar-refractivity contribution in [2.75, 3.05) is 0 Å². The van der Waals surface area contributed by atoms with Gasteiger partial charge in [0, 0.05) is 0 Å². The molecule has 4 heteroatoms. The van der Waals surface area contributed by atoms with E-state index in [0.717, 1.165) is 28.1 Å². The second kappa shape index (κ2) is 4.84. The van der Waals surface area contributed by atoms with Crippen molar-refractivity contribution in [3.05, 3.63) is 28.8 Å². The summed E-state index contributed by atoms with van der Waals surface area (Å²) in [7, 11) is 0. The van der Waals surface area contributed by atoms with Gasteiger partial charge in [-0.2, -0.15) is 0 Å². The fourth-order valence-electron chi connectivity index (χ4n) is 1.62. The monoisotopic (exact) mass is 249 g/mol. The maximum absolute atomic E-state index is 10.9. The highest BCUT2D eigenvalue weighted by molar-refractivity contribution is 7.18. The maximum atomic E-state index is 10.9. The number of hydrogen-bond donors (Lipinski definition) is 1. The third kappa shape index (κ3) is 2.82. The molecule has 0 aliphatic rings.